The van der Waals surface area contributed by atoms with Crippen LogP contribution < -0.4 is 10.1 Å². The third-order valence-corrected chi connectivity index (χ3v) is 4.01. The summed E-state index contributed by atoms with van der Waals surface area (Å²) in [6, 6.07) is 11.0. The van der Waals surface area contributed by atoms with Crippen LogP contribution in [0.25, 0.3) is 0 Å². The zero-order chi connectivity index (χ0) is 14.5. The van der Waals surface area contributed by atoms with Crippen LogP contribution >= 0.6 is 0 Å². The Bertz CT molecular complexity index is 583. The number of aryl methyl sites for hydroxylation is 1. The second kappa shape index (κ2) is 6.72. The molecular weight excluding hydrogens is 260 g/mol. The van der Waals surface area contributed by atoms with Gasteiger partial charge >= 0.3 is 0 Å². The van der Waals surface area contributed by atoms with Crippen molar-refractivity contribution in [1.29, 1.82) is 0 Å². The van der Waals surface area contributed by atoms with Gasteiger partial charge in [-0.15, -0.1) is 0 Å². The molecule has 1 aliphatic carbocycles. The summed E-state index contributed by atoms with van der Waals surface area (Å²) in [5.41, 5.74) is 3.97. The summed E-state index contributed by atoms with van der Waals surface area (Å²) in [5.74, 6) is 0.953. The van der Waals surface area contributed by atoms with Gasteiger partial charge in [0.1, 0.15) is 12.4 Å². The number of benzene rings is 1. The highest BCUT2D eigenvalue weighted by atomic mass is 16.5. The maximum absolute atomic E-state index is 5.89. The molecule has 21 heavy (non-hydrogen) atoms. The van der Waals surface area contributed by atoms with Crippen LogP contribution in [0.3, 0.4) is 0 Å². The van der Waals surface area contributed by atoms with Crippen LogP contribution in [0.5, 0.6) is 5.75 Å². The number of aromatic nitrogens is 1. The van der Waals surface area contributed by atoms with Gasteiger partial charge in [-0.2, -0.15) is 0 Å². The van der Waals surface area contributed by atoms with E-state index in [4.69, 9.17) is 4.74 Å². The van der Waals surface area contributed by atoms with Crippen molar-refractivity contribution in [3.8, 4) is 5.75 Å². The molecule has 0 saturated heterocycles. The Kier molecular flexibility index (Phi) is 4.51. The topological polar surface area (TPSA) is 34.1 Å². The Labute approximate surface area is 126 Å². The van der Waals surface area contributed by atoms with Crippen molar-refractivity contribution in [2.24, 2.45) is 0 Å². The quantitative estimate of drug-likeness (QED) is 0.909. The van der Waals surface area contributed by atoms with Gasteiger partial charge in [-0.25, -0.2) is 0 Å². The van der Waals surface area contributed by atoms with Gasteiger partial charge in [0, 0.05) is 24.0 Å². The molecule has 3 heteroatoms. The lowest BCUT2D eigenvalue weighted by atomic mass is 9.87. The first-order valence-electron chi connectivity index (χ1n) is 7.74. The van der Waals surface area contributed by atoms with Gasteiger partial charge in [0.05, 0.1) is 0 Å². The Balaban J connectivity index is 1.71. The molecule has 0 saturated carbocycles. The molecule has 0 radical (unpaired) electrons. The van der Waals surface area contributed by atoms with E-state index < -0.39 is 0 Å². The molecular formula is C18H22N2O. The highest BCUT2D eigenvalue weighted by molar-refractivity contribution is 5.39. The Morgan fingerprint density at radius 2 is 2.29 bits per heavy atom. The van der Waals surface area contributed by atoms with Gasteiger partial charge in [0.25, 0.3) is 0 Å². The molecule has 3 rings (SSSR count). The molecule has 1 aliphatic rings. The fourth-order valence-electron chi connectivity index (χ4n) is 2.99. The molecule has 0 aliphatic heterocycles. The minimum Gasteiger partial charge on any atom is -0.489 e. The summed E-state index contributed by atoms with van der Waals surface area (Å²) in [6.07, 6.45) is 7.26. The predicted octanol–water partition coefficient (Wildman–Crippen LogP) is 3.65. The number of hydrogen-bond acceptors (Lipinski definition) is 3. The molecule has 0 fully saturated rings. The molecule has 3 nitrogen and oxygen atoms in total. The van der Waals surface area contributed by atoms with E-state index in [1.54, 1.807) is 6.20 Å². The first-order valence-corrected chi connectivity index (χ1v) is 7.74. The van der Waals surface area contributed by atoms with E-state index in [2.05, 4.69) is 35.4 Å². The lowest BCUT2D eigenvalue weighted by Gasteiger charge is -2.26. The monoisotopic (exact) mass is 282 g/mol. The standard InChI is InChI=1S/C18H22N2O/c1-2-20-18-7-3-6-15-11-16(8-9-17(15)18)21-13-14-5-4-10-19-12-14/h4-5,8-12,18,20H,2-3,6-7,13H2,1H3. The summed E-state index contributed by atoms with van der Waals surface area (Å²) in [5, 5.41) is 3.57. The van der Waals surface area contributed by atoms with Crippen molar-refractivity contribution in [3.05, 3.63) is 59.4 Å². The van der Waals surface area contributed by atoms with E-state index in [0.29, 0.717) is 12.6 Å². The summed E-state index contributed by atoms with van der Waals surface area (Å²) in [6.45, 7) is 3.76. The minimum absolute atomic E-state index is 0.506. The van der Waals surface area contributed by atoms with Crippen LogP contribution in [0.2, 0.25) is 0 Å². The van der Waals surface area contributed by atoms with Gasteiger partial charge < -0.3 is 10.1 Å². The summed E-state index contributed by atoms with van der Waals surface area (Å²) in [4.78, 5) is 4.11. The number of fused-ring (bicyclic) bond motifs is 1. The molecule has 1 N–H and O–H groups in total. The van der Waals surface area contributed by atoms with Gasteiger partial charge in [-0.05, 0) is 55.1 Å². The molecule has 0 bridgehead atoms. The van der Waals surface area contributed by atoms with Crippen molar-refractivity contribution in [1.82, 2.24) is 10.3 Å². The van der Waals surface area contributed by atoms with Crippen LogP contribution in [-0.2, 0) is 13.0 Å². The van der Waals surface area contributed by atoms with Crippen molar-refractivity contribution >= 4 is 0 Å². The number of nitrogens with zero attached hydrogens (tertiary/aromatic N) is 1. The van der Waals surface area contributed by atoms with Crippen molar-refractivity contribution in [2.75, 3.05) is 6.54 Å². The molecule has 1 atom stereocenters. The van der Waals surface area contributed by atoms with Gasteiger partial charge in [0.15, 0.2) is 0 Å². The molecule has 110 valence electrons. The number of hydrogen-bond donors (Lipinski definition) is 1. The Morgan fingerprint density at radius 3 is 3.10 bits per heavy atom. The fourth-order valence-corrected chi connectivity index (χ4v) is 2.99. The first-order chi connectivity index (χ1) is 10.4. The predicted molar refractivity (Wildman–Crippen MR) is 84.4 cm³/mol. The smallest absolute Gasteiger partial charge is 0.120 e. The SMILES string of the molecule is CCNC1CCCc2cc(OCc3cccnc3)ccc21. The third kappa shape index (κ3) is 3.42. The Hall–Kier alpha value is -1.87. The molecule has 0 spiro atoms. The Morgan fingerprint density at radius 1 is 1.33 bits per heavy atom. The van der Waals surface area contributed by atoms with Crippen LogP contribution in [-0.4, -0.2) is 11.5 Å². The van der Waals surface area contributed by atoms with Crippen molar-refractivity contribution in [2.45, 2.75) is 38.8 Å². The normalized spacial score (nSPS) is 17.3. The highest BCUT2D eigenvalue weighted by Gasteiger charge is 2.19. The van der Waals surface area contributed by atoms with E-state index >= 15 is 0 Å². The zero-order valence-electron chi connectivity index (χ0n) is 12.5. The van der Waals surface area contributed by atoms with Gasteiger partial charge in [-0.1, -0.05) is 19.1 Å². The van der Waals surface area contributed by atoms with E-state index in [0.717, 1.165) is 24.3 Å². The molecule has 0 amide bonds. The number of nitrogens with one attached hydrogen (secondary N) is 1. The van der Waals surface area contributed by atoms with E-state index in [1.807, 2.05) is 18.3 Å². The zero-order valence-corrected chi connectivity index (χ0v) is 12.5. The molecule has 1 aromatic heterocycles. The van der Waals surface area contributed by atoms with Crippen molar-refractivity contribution < 1.29 is 4.74 Å². The number of pyridine rings is 1. The summed E-state index contributed by atoms with van der Waals surface area (Å²) >= 11 is 0. The second-order valence-electron chi connectivity index (χ2n) is 5.51. The van der Waals surface area contributed by atoms with Gasteiger partial charge in [-0.3, -0.25) is 4.98 Å². The molecule has 2 aromatic rings. The van der Waals surface area contributed by atoms with Crippen molar-refractivity contribution in [3.63, 3.8) is 0 Å². The summed E-state index contributed by atoms with van der Waals surface area (Å²) in [7, 11) is 0. The van der Waals surface area contributed by atoms with E-state index in [9.17, 15) is 0 Å². The first kappa shape index (κ1) is 14.1. The van der Waals surface area contributed by atoms with Crippen LogP contribution in [0, 0.1) is 0 Å². The third-order valence-electron chi connectivity index (χ3n) is 4.01. The lowest BCUT2D eigenvalue weighted by molar-refractivity contribution is 0.305. The largest absolute Gasteiger partial charge is 0.489 e. The van der Waals surface area contributed by atoms with E-state index in [-0.39, 0.29) is 0 Å². The lowest BCUT2D eigenvalue weighted by Crippen LogP contribution is -2.24. The van der Waals surface area contributed by atoms with Crippen LogP contribution in [0.15, 0.2) is 42.7 Å². The number of rotatable bonds is 5. The average molecular weight is 282 g/mol. The maximum Gasteiger partial charge on any atom is 0.120 e. The fraction of sp³-hybridized carbons (Fsp3) is 0.389. The minimum atomic E-state index is 0.506. The summed E-state index contributed by atoms with van der Waals surface area (Å²) < 4.78 is 5.89. The van der Waals surface area contributed by atoms with Crippen LogP contribution in [0.4, 0.5) is 0 Å². The second-order valence-corrected chi connectivity index (χ2v) is 5.51. The highest BCUT2D eigenvalue weighted by Crippen LogP contribution is 2.32. The average Bonchev–Trinajstić information content (AvgIpc) is 2.54. The molecule has 1 unspecified atom stereocenters. The van der Waals surface area contributed by atoms with Crippen LogP contribution in [0.1, 0.15) is 42.5 Å². The van der Waals surface area contributed by atoms with E-state index in [1.165, 1.54) is 24.0 Å². The van der Waals surface area contributed by atoms with Gasteiger partial charge in [0.2, 0.25) is 0 Å². The molecule has 1 heterocycles. The number of ether oxygens (including phenoxy) is 1. The molecule has 1 aromatic carbocycles. The maximum atomic E-state index is 5.89.